The fraction of sp³-hybridized carbons (Fsp3) is 0.533. The van der Waals surface area contributed by atoms with Gasteiger partial charge < -0.3 is 20.8 Å². The van der Waals surface area contributed by atoms with Crippen LogP contribution in [0.4, 0.5) is 0 Å². The first-order valence-electron chi connectivity index (χ1n) is 7.04. The summed E-state index contributed by atoms with van der Waals surface area (Å²) in [6.07, 6.45) is 1.75. The molecule has 1 heterocycles. The van der Waals surface area contributed by atoms with E-state index in [0.29, 0.717) is 13.0 Å². The molecular weight excluding hydrogens is 256 g/mol. The molecule has 0 aliphatic carbocycles. The minimum Gasteiger partial charge on any atom is -0.508 e. The quantitative estimate of drug-likeness (QED) is 0.634. The number of benzene rings is 1. The first-order chi connectivity index (χ1) is 9.54. The average Bonchev–Trinajstić information content (AvgIpc) is 2.85. The highest BCUT2D eigenvalue weighted by molar-refractivity contribution is 5.82. The third kappa shape index (κ3) is 4.21. The van der Waals surface area contributed by atoms with Crippen molar-refractivity contribution in [1.29, 1.82) is 0 Å². The minimum atomic E-state index is -0.418. The molecule has 1 amide bonds. The van der Waals surface area contributed by atoms with Crippen molar-refractivity contribution < 1.29 is 15.0 Å². The van der Waals surface area contributed by atoms with Gasteiger partial charge in [-0.15, -0.1) is 0 Å². The van der Waals surface area contributed by atoms with Gasteiger partial charge in [-0.25, -0.2) is 0 Å². The maximum atomic E-state index is 11.9. The maximum Gasteiger partial charge on any atom is 0.237 e. The van der Waals surface area contributed by atoms with Crippen molar-refractivity contribution in [2.75, 3.05) is 6.54 Å². The molecule has 1 fully saturated rings. The summed E-state index contributed by atoms with van der Waals surface area (Å²) in [5.41, 5.74) is 1.14. The van der Waals surface area contributed by atoms with Crippen LogP contribution in [0.2, 0.25) is 0 Å². The molecule has 1 aliphatic rings. The van der Waals surface area contributed by atoms with Crippen LogP contribution in [0.3, 0.4) is 0 Å². The third-order valence-corrected chi connectivity index (χ3v) is 3.62. The molecule has 0 spiro atoms. The van der Waals surface area contributed by atoms with Crippen LogP contribution in [0, 0.1) is 0 Å². The second kappa shape index (κ2) is 6.72. The predicted molar refractivity (Wildman–Crippen MR) is 76.4 cm³/mol. The van der Waals surface area contributed by atoms with E-state index in [1.54, 1.807) is 12.1 Å². The summed E-state index contributed by atoms with van der Waals surface area (Å²) in [6.45, 7) is 2.46. The lowest BCUT2D eigenvalue weighted by Gasteiger charge is -2.17. The van der Waals surface area contributed by atoms with E-state index in [-0.39, 0.29) is 23.7 Å². The van der Waals surface area contributed by atoms with Crippen LogP contribution in [0.15, 0.2) is 24.3 Å². The van der Waals surface area contributed by atoms with Crippen LogP contribution in [0.5, 0.6) is 5.75 Å². The fourth-order valence-corrected chi connectivity index (χ4v) is 2.38. The molecule has 110 valence electrons. The van der Waals surface area contributed by atoms with E-state index in [2.05, 4.69) is 10.6 Å². The van der Waals surface area contributed by atoms with Gasteiger partial charge in [0.1, 0.15) is 5.75 Å². The van der Waals surface area contributed by atoms with E-state index in [1.807, 2.05) is 19.1 Å². The number of aliphatic hydroxyl groups excluding tert-OH is 1. The Kier molecular flexibility index (Phi) is 4.98. The molecule has 3 atom stereocenters. The first-order valence-corrected chi connectivity index (χ1v) is 7.04. The third-order valence-electron chi connectivity index (χ3n) is 3.62. The van der Waals surface area contributed by atoms with Crippen molar-refractivity contribution in [2.45, 2.75) is 44.4 Å². The van der Waals surface area contributed by atoms with Crippen molar-refractivity contribution in [3.63, 3.8) is 0 Å². The molecular formula is C15H22N2O3. The molecule has 0 bridgehead atoms. The van der Waals surface area contributed by atoms with E-state index in [4.69, 9.17) is 0 Å². The summed E-state index contributed by atoms with van der Waals surface area (Å²) >= 11 is 0. The normalized spacial score (nSPS) is 23.5. The van der Waals surface area contributed by atoms with Gasteiger partial charge in [0, 0.05) is 12.6 Å². The SMILES string of the molecule is CC(CCc1ccc(O)cc1)NC(=O)C1CC(O)CN1. The topological polar surface area (TPSA) is 81.6 Å². The van der Waals surface area contributed by atoms with Gasteiger partial charge in [0.25, 0.3) is 0 Å². The van der Waals surface area contributed by atoms with E-state index in [9.17, 15) is 15.0 Å². The van der Waals surface area contributed by atoms with Crippen LogP contribution in [-0.2, 0) is 11.2 Å². The van der Waals surface area contributed by atoms with E-state index >= 15 is 0 Å². The summed E-state index contributed by atoms with van der Waals surface area (Å²) < 4.78 is 0. The van der Waals surface area contributed by atoms with E-state index in [1.165, 1.54) is 0 Å². The van der Waals surface area contributed by atoms with Gasteiger partial charge >= 0.3 is 0 Å². The molecule has 2 rings (SSSR count). The van der Waals surface area contributed by atoms with Crippen molar-refractivity contribution in [3.05, 3.63) is 29.8 Å². The van der Waals surface area contributed by atoms with Gasteiger partial charge in [-0.05, 0) is 43.9 Å². The fourth-order valence-electron chi connectivity index (χ4n) is 2.38. The van der Waals surface area contributed by atoms with Gasteiger partial charge in [-0.2, -0.15) is 0 Å². The van der Waals surface area contributed by atoms with Gasteiger partial charge in [-0.3, -0.25) is 4.79 Å². The summed E-state index contributed by atoms with van der Waals surface area (Å²) in [6, 6.07) is 6.92. The Bertz CT molecular complexity index is 447. The second-order valence-corrected chi connectivity index (χ2v) is 5.47. The Labute approximate surface area is 119 Å². The van der Waals surface area contributed by atoms with Crippen LogP contribution >= 0.6 is 0 Å². The smallest absolute Gasteiger partial charge is 0.237 e. The first kappa shape index (κ1) is 14.8. The minimum absolute atomic E-state index is 0.0419. The lowest BCUT2D eigenvalue weighted by Crippen LogP contribution is -2.44. The van der Waals surface area contributed by atoms with Gasteiger partial charge in [-0.1, -0.05) is 12.1 Å². The molecule has 5 heteroatoms. The molecule has 0 radical (unpaired) electrons. The maximum absolute atomic E-state index is 11.9. The average molecular weight is 278 g/mol. The number of nitrogens with one attached hydrogen (secondary N) is 2. The second-order valence-electron chi connectivity index (χ2n) is 5.47. The molecule has 1 aromatic carbocycles. The number of phenolic OH excluding ortho intramolecular Hbond substituents is 1. The summed E-state index contributed by atoms with van der Waals surface area (Å²) in [5.74, 6) is 0.223. The number of carbonyl (C=O) groups is 1. The monoisotopic (exact) mass is 278 g/mol. The molecule has 4 N–H and O–H groups in total. The lowest BCUT2D eigenvalue weighted by molar-refractivity contribution is -0.123. The van der Waals surface area contributed by atoms with Crippen LogP contribution in [-0.4, -0.2) is 40.9 Å². The van der Waals surface area contributed by atoms with Gasteiger partial charge in [0.2, 0.25) is 5.91 Å². The number of aryl methyl sites for hydroxylation is 1. The molecule has 20 heavy (non-hydrogen) atoms. The Balaban J connectivity index is 1.73. The number of β-amino-alcohol motifs (C(OH)–C–C–N with tert-alkyl or cyclic N) is 1. The number of rotatable bonds is 5. The Hall–Kier alpha value is -1.59. The Morgan fingerprint density at radius 3 is 2.75 bits per heavy atom. The highest BCUT2D eigenvalue weighted by atomic mass is 16.3. The van der Waals surface area contributed by atoms with Crippen LogP contribution in [0.25, 0.3) is 0 Å². The number of amides is 1. The zero-order valence-corrected chi connectivity index (χ0v) is 11.7. The highest BCUT2D eigenvalue weighted by Crippen LogP contribution is 2.12. The number of carbonyl (C=O) groups excluding carboxylic acids is 1. The van der Waals surface area contributed by atoms with Crippen LogP contribution < -0.4 is 10.6 Å². The standard InChI is InChI=1S/C15H22N2O3/c1-10(2-3-11-4-6-12(18)7-5-11)17-15(20)14-8-13(19)9-16-14/h4-7,10,13-14,16,18-19H,2-3,8-9H2,1H3,(H,17,20). The summed E-state index contributed by atoms with van der Waals surface area (Å²) in [7, 11) is 0. The molecule has 1 aromatic rings. The lowest BCUT2D eigenvalue weighted by atomic mass is 10.1. The van der Waals surface area contributed by atoms with Crippen molar-refractivity contribution in [3.8, 4) is 5.75 Å². The highest BCUT2D eigenvalue weighted by Gasteiger charge is 2.28. The summed E-state index contributed by atoms with van der Waals surface area (Å²) in [5, 5.41) is 24.6. The largest absolute Gasteiger partial charge is 0.508 e. The molecule has 1 aliphatic heterocycles. The van der Waals surface area contributed by atoms with Gasteiger partial charge in [0.05, 0.1) is 12.1 Å². The van der Waals surface area contributed by atoms with E-state index < -0.39 is 6.10 Å². The number of hydrogen-bond acceptors (Lipinski definition) is 4. The Morgan fingerprint density at radius 1 is 1.45 bits per heavy atom. The molecule has 5 nitrogen and oxygen atoms in total. The van der Waals surface area contributed by atoms with Crippen molar-refractivity contribution >= 4 is 5.91 Å². The molecule has 0 saturated carbocycles. The number of hydrogen-bond donors (Lipinski definition) is 4. The van der Waals surface area contributed by atoms with Crippen LogP contribution in [0.1, 0.15) is 25.3 Å². The zero-order valence-electron chi connectivity index (χ0n) is 11.7. The number of aromatic hydroxyl groups is 1. The van der Waals surface area contributed by atoms with E-state index in [0.717, 1.165) is 18.4 Å². The Morgan fingerprint density at radius 2 is 2.15 bits per heavy atom. The predicted octanol–water partition coefficient (Wildman–Crippen LogP) is 0.552. The van der Waals surface area contributed by atoms with Crippen molar-refractivity contribution in [1.82, 2.24) is 10.6 Å². The number of phenols is 1. The molecule has 3 unspecified atom stereocenters. The molecule has 0 aromatic heterocycles. The summed E-state index contributed by atoms with van der Waals surface area (Å²) in [4.78, 5) is 11.9. The zero-order chi connectivity index (χ0) is 14.5. The molecule has 1 saturated heterocycles. The van der Waals surface area contributed by atoms with Crippen molar-refractivity contribution in [2.24, 2.45) is 0 Å². The van der Waals surface area contributed by atoms with Gasteiger partial charge in [0.15, 0.2) is 0 Å². The number of aliphatic hydroxyl groups is 1.